The number of aryl methyl sites for hydroxylation is 2. The van der Waals surface area contributed by atoms with Crippen LogP contribution in [0.2, 0.25) is 0 Å². The second-order valence-corrected chi connectivity index (χ2v) is 8.72. The van der Waals surface area contributed by atoms with Crippen molar-refractivity contribution in [3.8, 4) is 0 Å². The Balaban J connectivity index is 1.49. The molecule has 0 radical (unpaired) electrons. The topological polar surface area (TPSA) is 58.2 Å². The van der Waals surface area contributed by atoms with E-state index in [1.165, 1.54) is 11.1 Å². The summed E-state index contributed by atoms with van der Waals surface area (Å²) >= 11 is 0. The van der Waals surface area contributed by atoms with Gasteiger partial charge in [0.1, 0.15) is 0 Å². The minimum absolute atomic E-state index is 0.00492. The van der Waals surface area contributed by atoms with Crippen LogP contribution in [0.25, 0.3) is 0 Å². The predicted molar refractivity (Wildman–Crippen MR) is 121 cm³/mol. The highest BCUT2D eigenvalue weighted by atomic mass is 16.2. The second kappa shape index (κ2) is 9.92. The summed E-state index contributed by atoms with van der Waals surface area (Å²) in [4.78, 5) is 25.5. The van der Waals surface area contributed by atoms with E-state index in [1.54, 1.807) is 0 Å². The lowest BCUT2D eigenvalue weighted by atomic mass is 9.80. The van der Waals surface area contributed by atoms with Gasteiger partial charge >= 0.3 is 0 Å². The van der Waals surface area contributed by atoms with Crippen LogP contribution in [0.5, 0.6) is 0 Å². The van der Waals surface area contributed by atoms with Crippen LogP contribution >= 0.6 is 0 Å². The van der Waals surface area contributed by atoms with Crippen LogP contribution in [-0.4, -0.2) is 11.8 Å². The summed E-state index contributed by atoms with van der Waals surface area (Å²) < 4.78 is 0. The Hall–Kier alpha value is -2.62. The van der Waals surface area contributed by atoms with Gasteiger partial charge in [-0.25, -0.2) is 0 Å². The lowest BCUT2D eigenvalue weighted by Crippen LogP contribution is -2.39. The van der Waals surface area contributed by atoms with E-state index in [9.17, 15) is 9.59 Å². The van der Waals surface area contributed by atoms with Crippen LogP contribution in [0.15, 0.2) is 48.5 Å². The Morgan fingerprint density at radius 2 is 1.03 bits per heavy atom. The number of hydrogen-bond donors (Lipinski definition) is 2. The molecule has 3 rings (SSSR count). The van der Waals surface area contributed by atoms with Gasteiger partial charge in [0.05, 0.1) is 12.1 Å². The van der Waals surface area contributed by atoms with Gasteiger partial charge in [-0.3, -0.25) is 9.59 Å². The molecule has 2 amide bonds. The van der Waals surface area contributed by atoms with Crippen molar-refractivity contribution in [2.24, 2.45) is 11.8 Å². The Morgan fingerprint density at radius 3 is 1.37 bits per heavy atom. The maximum atomic E-state index is 12.8. The van der Waals surface area contributed by atoms with Crippen LogP contribution in [0.4, 0.5) is 0 Å². The molecule has 2 atom stereocenters. The van der Waals surface area contributed by atoms with Gasteiger partial charge in [0.2, 0.25) is 11.8 Å². The fourth-order valence-electron chi connectivity index (χ4n) is 4.58. The van der Waals surface area contributed by atoms with Crippen molar-refractivity contribution in [2.45, 2.75) is 65.5 Å². The van der Waals surface area contributed by atoms with Crippen molar-refractivity contribution in [1.82, 2.24) is 10.6 Å². The average Bonchev–Trinajstić information content (AvgIpc) is 2.74. The van der Waals surface area contributed by atoms with Crippen LogP contribution in [0.1, 0.15) is 73.9 Å². The number of carbonyl (C=O) groups excluding carboxylic acids is 2. The van der Waals surface area contributed by atoms with Gasteiger partial charge in [-0.1, -0.05) is 48.5 Å². The van der Waals surface area contributed by atoms with Crippen molar-refractivity contribution in [1.29, 1.82) is 0 Å². The van der Waals surface area contributed by atoms with E-state index in [0.29, 0.717) is 0 Å². The molecule has 0 bridgehead atoms. The Labute approximate surface area is 180 Å². The fraction of sp³-hybridized carbons (Fsp3) is 0.462. The second-order valence-electron chi connectivity index (χ2n) is 8.72. The smallest absolute Gasteiger partial charge is 0.223 e. The van der Waals surface area contributed by atoms with E-state index < -0.39 is 0 Å². The molecule has 1 saturated carbocycles. The lowest BCUT2D eigenvalue weighted by molar-refractivity contribution is -0.131. The number of nitrogens with one attached hydrogen (secondary N) is 2. The quantitative estimate of drug-likeness (QED) is 0.696. The number of hydrogen-bond acceptors (Lipinski definition) is 2. The molecule has 30 heavy (non-hydrogen) atoms. The van der Waals surface area contributed by atoms with E-state index in [0.717, 1.165) is 36.8 Å². The molecule has 160 valence electrons. The van der Waals surface area contributed by atoms with Crippen molar-refractivity contribution in [3.63, 3.8) is 0 Å². The molecular weight excluding hydrogens is 372 g/mol. The molecule has 2 aromatic carbocycles. The highest BCUT2D eigenvalue weighted by Gasteiger charge is 2.31. The van der Waals surface area contributed by atoms with E-state index in [4.69, 9.17) is 0 Å². The van der Waals surface area contributed by atoms with E-state index in [2.05, 4.69) is 48.7 Å². The summed E-state index contributed by atoms with van der Waals surface area (Å²) in [5, 5.41) is 6.34. The molecule has 0 heterocycles. The van der Waals surface area contributed by atoms with Crippen molar-refractivity contribution < 1.29 is 9.59 Å². The number of benzene rings is 2. The van der Waals surface area contributed by atoms with Gasteiger partial charge in [0.15, 0.2) is 0 Å². The minimum atomic E-state index is -0.00527. The van der Waals surface area contributed by atoms with Gasteiger partial charge in [0.25, 0.3) is 0 Å². The number of carbonyl (C=O) groups is 2. The van der Waals surface area contributed by atoms with Gasteiger partial charge in [-0.2, -0.15) is 0 Å². The first-order valence-electron chi connectivity index (χ1n) is 11.1. The standard InChI is InChI=1S/C26H34N2O2/c1-17-9-5-7-11-23(17)19(3)27-25(29)21-13-15-22(16-14-21)26(30)28-20(4)24-12-8-6-10-18(24)2/h5-12,19-22H,13-16H2,1-4H3,(H,27,29)(H,28,30)/t19-,20-,21?,22?/m0/s1. The van der Waals surface area contributed by atoms with Crippen molar-refractivity contribution in [2.75, 3.05) is 0 Å². The molecule has 0 spiro atoms. The third kappa shape index (κ3) is 5.29. The average molecular weight is 407 g/mol. The zero-order valence-electron chi connectivity index (χ0n) is 18.6. The van der Waals surface area contributed by atoms with E-state index in [-0.39, 0.29) is 35.7 Å². The van der Waals surface area contributed by atoms with E-state index >= 15 is 0 Å². The summed E-state index contributed by atoms with van der Waals surface area (Å²) in [6, 6.07) is 16.3. The monoisotopic (exact) mass is 406 g/mol. The number of rotatable bonds is 6. The zero-order chi connectivity index (χ0) is 21.7. The first-order chi connectivity index (χ1) is 14.4. The van der Waals surface area contributed by atoms with Crippen molar-refractivity contribution >= 4 is 11.8 Å². The highest BCUT2D eigenvalue weighted by molar-refractivity contribution is 5.81. The maximum absolute atomic E-state index is 12.8. The highest BCUT2D eigenvalue weighted by Crippen LogP contribution is 2.30. The SMILES string of the molecule is Cc1ccccc1[C@H](C)NC(=O)C1CCC(C(=O)N[C@@H](C)c2ccccc2C)CC1. The summed E-state index contributed by atoms with van der Waals surface area (Å²) in [5.74, 6) is 0.208. The third-order valence-corrected chi connectivity index (χ3v) is 6.50. The summed E-state index contributed by atoms with van der Waals surface area (Å²) in [7, 11) is 0. The van der Waals surface area contributed by atoms with E-state index in [1.807, 2.05) is 38.1 Å². The maximum Gasteiger partial charge on any atom is 0.223 e. The largest absolute Gasteiger partial charge is 0.349 e. The molecule has 1 aliphatic carbocycles. The summed E-state index contributed by atoms with van der Waals surface area (Å²) in [6.45, 7) is 8.21. The van der Waals surface area contributed by atoms with Crippen LogP contribution in [0.3, 0.4) is 0 Å². The molecule has 2 N–H and O–H groups in total. The molecule has 0 aliphatic heterocycles. The molecule has 4 nitrogen and oxygen atoms in total. The summed E-state index contributed by atoms with van der Waals surface area (Å²) in [6.07, 6.45) is 3.07. The first kappa shape index (κ1) is 22.1. The molecule has 2 aromatic rings. The van der Waals surface area contributed by atoms with Gasteiger partial charge in [-0.05, 0) is 75.6 Å². The van der Waals surface area contributed by atoms with Gasteiger partial charge < -0.3 is 10.6 Å². The molecule has 0 unspecified atom stereocenters. The lowest BCUT2D eigenvalue weighted by Gasteiger charge is -2.29. The molecule has 0 saturated heterocycles. The first-order valence-corrected chi connectivity index (χ1v) is 11.1. The number of amides is 2. The predicted octanol–water partition coefficient (Wildman–Crippen LogP) is 5.16. The molecule has 1 aliphatic rings. The molecule has 0 aromatic heterocycles. The normalized spacial score (nSPS) is 20.8. The summed E-state index contributed by atoms with van der Waals surface area (Å²) in [5.41, 5.74) is 4.69. The minimum Gasteiger partial charge on any atom is -0.349 e. The zero-order valence-corrected chi connectivity index (χ0v) is 18.6. The Bertz CT molecular complexity index is 811. The van der Waals surface area contributed by atoms with Crippen LogP contribution < -0.4 is 10.6 Å². The molecule has 1 fully saturated rings. The third-order valence-electron chi connectivity index (χ3n) is 6.50. The molecule has 4 heteroatoms. The van der Waals surface area contributed by atoms with Gasteiger partial charge in [-0.15, -0.1) is 0 Å². The Kier molecular flexibility index (Phi) is 7.30. The fourth-order valence-corrected chi connectivity index (χ4v) is 4.58. The van der Waals surface area contributed by atoms with Crippen LogP contribution in [-0.2, 0) is 9.59 Å². The van der Waals surface area contributed by atoms with Crippen LogP contribution in [0, 0.1) is 25.7 Å². The Morgan fingerprint density at radius 1 is 0.700 bits per heavy atom. The molecular formula is C26H34N2O2. The van der Waals surface area contributed by atoms with Gasteiger partial charge in [0, 0.05) is 11.8 Å². The van der Waals surface area contributed by atoms with Crippen molar-refractivity contribution in [3.05, 3.63) is 70.8 Å².